The highest BCUT2D eigenvalue weighted by atomic mass is 32.1. The molecule has 3 N–H and O–H groups in total. The molecule has 1 unspecified atom stereocenters. The lowest BCUT2D eigenvalue weighted by Gasteiger charge is -2.16. The van der Waals surface area contributed by atoms with Gasteiger partial charge in [0.05, 0.1) is 36.3 Å². The van der Waals surface area contributed by atoms with Crippen molar-refractivity contribution in [3.63, 3.8) is 0 Å². The fourth-order valence-electron chi connectivity index (χ4n) is 1.63. The first-order valence-electron chi connectivity index (χ1n) is 6.28. The summed E-state index contributed by atoms with van der Waals surface area (Å²) in [4.78, 5) is 19.3. The molecular formula is C12H16N4O5S. The lowest BCUT2D eigenvalue weighted by molar-refractivity contribution is -0.978. The van der Waals surface area contributed by atoms with Crippen molar-refractivity contribution in [1.29, 1.82) is 0 Å². The second kappa shape index (κ2) is 8.87. The standard InChI is InChI=1S/C10H14N4OS.C2H2O4/c1-3-4-15-10-9(12-16-13-10)8-5-11-7-14(2)6-8;3-1(4)2(5)6/h3,5,11H,1,4,6-7H2,2H3;(H,3,4)(H,5,6). The molecule has 0 bridgehead atoms. The third-order valence-corrected chi connectivity index (χ3v) is 3.06. The maximum absolute atomic E-state index is 8.93. The van der Waals surface area contributed by atoms with Gasteiger partial charge in [-0.1, -0.05) is 12.7 Å². The summed E-state index contributed by atoms with van der Waals surface area (Å²) >= 11 is 1.19. The van der Waals surface area contributed by atoms with Crippen molar-refractivity contribution >= 4 is 29.2 Å². The molecule has 1 aromatic rings. The summed E-state index contributed by atoms with van der Waals surface area (Å²) in [6.07, 6.45) is 3.83. The van der Waals surface area contributed by atoms with E-state index >= 15 is 0 Å². The number of hydrogen-bond donors (Lipinski definition) is 2. The van der Waals surface area contributed by atoms with Crippen molar-refractivity contribution in [3.05, 3.63) is 24.5 Å². The van der Waals surface area contributed by atoms with E-state index in [1.165, 1.54) is 22.2 Å². The van der Waals surface area contributed by atoms with E-state index in [0.717, 1.165) is 18.9 Å². The van der Waals surface area contributed by atoms with Gasteiger partial charge in [-0.05, 0) is 0 Å². The van der Waals surface area contributed by atoms with Crippen LogP contribution in [0.2, 0.25) is 0 Å². The van der Waals surface area contributed by atoms with Gasteiger partial charge in [0.25, 0.3) is 5.88 Å². The molecule has 1 aliphatic rings. The van der Waals surface area contributed by atoms with Crippen LogP contribution in [-0.2, 0) is 9.59 Å². The smallest absolute Gasteiger partial charge is 0.254 e. The Balaban J connectivity index is 0.000000346. The molecule has 2 rings (SSSR count). The lowest BCUT2D eigenvalue weighted by atomic mass is 10.2. The Bertz CT molecular complexity index is 560. The van der Waals surface area contributed by atoms with E-state index in [2.05, 4.69) is 33.9 Å². The second-order valence-electron chi connectivity index (χ2n) is 4.36. The molecule has 0 amide bonds. The first kappa shape index (κ1) is 17.8. The minimum Gasteiger partial charge on any atom is -0.543 e. The summed E-state index contributed by atoms with van der Waals surface area (Å²) in [6.45, 7) is 6.11. The molecule has 0 saturated heterocycles. The number of quaternary nitrogens is 2. The number of nitrogens with one attached hydrogen (secondary N) is 1. The van der Waals surface area contributed by atoms with E-state index in [9.17, 15) is 0 Å². The highest BCUT2D eigenvalue weighted by Crippen LogP contribution is 2.22. The molecule has 0 saturated carbocycles. The quantitative estimate of drug-likeness (QED) is 0.417. The average molecular weight is 328 g/mol. The molecule has 0 fully saturated rings. The Hall–Kier alpha value is -2.30. The number of hydrogen-bond acceptors (Lipinski definition) is 8. The topological polar surface area (TPSA) is 136 Å². The minimum atomic E-state index is -2.19. The predicted molar refractivity (Wildman–Crippen MR) is 72.1 cm³/mol. The largest absolute Gasteiger partial charge is 0.543 e. The fourth-order valence-corrected chi connectivity index (χ4v) is 2.16. The molecule has 1 aliphatic heterocycles. The zero-order valence-electron chi connectivity index (χ0n) is 11.9. The highest BCUT2D eigenvalue weighted by Gasteiger charge is 2.22. The minimum absolute atomic E-state index is 0.470. The van der Waals surface area contributed by atoms with Crippen LogP contribution in [0.1, 0.15) is 5.69 Å². The van der Waals surface area contributed by atoms with Gasteiger partial charge in [0.2, 0.25) is 6.67 Å². The average Bonchev–Trinajstić information content (AvgIpc) is 2.94. The van der Waals surface area contributed by atoms with Crippen LogP contribution < -0.4 is 25.2 Å². The second-order valence-corrected chi connectivity index (χ2v) is 4.89. The number of nitrogens with two attached hydrogens (primary N) is 1. The Morgan fingerprint density at radius 1 is 1.50 bits per heavy atom. The molecule has 0 radical (unpaired) electrons. The van der Waals surface area contributed by atoms with E-state index in [-0.39, 0.29) is 0 Å². The molecule has 0 spiro atoms. The molecular weight excluding hydrogens is 312 g/mol. The van der Waals surface area contributed by atoms with Gasteiger partial charge in [-0.25, -0.2) is 0 Å². The van der Waals surface area contributed by atoms with Gasteiger partial charge in [0.1, 0.15) is 19.4 Å². The monoisotopic (exact) mass is 328 g/mol. The van der Waals surface area contributed by atoms with Gasteiger partial charge in [-0.2, -0.15) is 4.37 Å². The van der Waals surface area contributed by atoms with Crippen molar-refractivity contribution in [2.45, 2.75) is 0 Å². The number of nitrogens with zero attached hydrogens (tertiary/aromatic N) is 2. The van der Waals surface area contributed by atoms with Crippen LogP contribution in [-0.4, -0.2) is 47.6 Å². The van der Waals surface area contributed by atoms with E-state index in [1.807, 2.05) is 0 Å². The van der Waals surface area contributed by atoms with Crippen LogP contribution >= 0.6 is 11.7 Å². The SMILES string of the molecule is C=CCOc1nsnc1C1=C[NH2+]C[NH+](C)C1.O=C([O-])C(=O)[O-]. The van der Waals surface area contributed by atoms with Crippen molar-refractivity contribution in [2.24, 2.45) is 0 Å². The number of likely N-dealkylation sites (N-methyl/N-ethyl adjacent to an activating group) is 1. The van der Waals surface area contributed by atoms with E-state index in [0.29, 0.717) is 12.5 Å². The Morgan fingerprint density at radius 3 is 2.73 bits per heavy atom. The van der Waals surface area contributed by atoms with E-state index < -0.39 is 11.9 Å². The first-order valence-corrected chi connectivity index (χ1v) is 7.01. The van der Waals surface area contributed by atoms with Crippen LogP contribution in [0.4, 0.5) is 0 Å². The first-order chi connectivity index (χ1) is 10.5. The number of aromatic nitrogens is 2. The Kier molecular flexibility index (Phi) is 7.16. The van der Waals surface area contributed by atoms with Crippen molar-refractivity contribution in [1.82, 2.24) is 8.75 Å². The van der Waals surface area contributed by atoms with Gasteiger partial charge in [0, 0.05) is 0 Å². The Labute approximate surface area is 130 Å². The molecule has 22 heavy (non-hydrogen) atoms. The van der Waals surface area contributed by atoms with Crippen LogP contribution in [0, 0.1) is 0 Å². The predicted octanol–water partition coefficient (Wildman–Crippen LogP) is -5.02. The highest BCUT2D eigenvalue weighted by molar-refractivity contribution is 6.99. The van der Waals surface area contributed by atoms with Gasteiger partial charge in [-0.15, -0.1) is 4.37 Å². The molecule has 0 aliphatic carbocycles. The van der Waals surface area contributed by atoms with Crippen LogP contribution in [0.25, 0.3) is 5.57 Å². The van der Waals surface area contributed by atoms with Gasteiger partial charge in [-0.3, -0.25) is 10.2 Å². The molecule has 2 heterocycles. The summed E-state index contributed by atoms with van der Waals surface area (Å²) in [6, 6.07) is 0. The number of carbonyl (C=O) groups is 2. The number of carboxylic acid groups (broad SMARTS) is 2. The number of carboxylic acids is 2. The normalized spacial score (nSPS) is 16.8. The zero-order chi connectivity index (χ0) is 16.5. The van der Waals surface area contributed by atoms with Crippen molar-refractivity contribution < 1.29 is 34.8 Å². The van der Waals surface area contributed by atoms with Gasteiger partial charge >= 0.3 is 0 Å². The molecule has 10 heteroatoms. The van der Waals surface area contributed by atoms with Crippen molar-refractivity contribution in [3.8, 4) is 5.88 Å². The number of rotatable bonds is 4. The number of carbonyl (C=O) groups excluding carboxylic acids is 2. The summed E-state index contributed by atoms with van der Waals surface area (Å²) < 4.78 is 13.9. The fraction of sp³-hybridized carbons (Fsp3) is 0.333. The summed E-state index contributed by atoms with van der Waals surface area (Å²) in [5, 5.41) is 20.0. The third kappa shape index (κ3) is 5.60. The zero-order valence-corrected chi connectivity index (χ0v) is 12.7. The number of aliphatic carboxylic acids is 2. The maximum Gasteiger partial charge on any atom is 0.254 e. The molecule has 1 atom stereocenters. The molecule has 120 valence electrons. The Morgan fingerprint density at radius 2 is 2.18 bits per heavy atom. The summed E-state index contributed by atoms with van der Waals surface area (Å²) in [5.41, 5.74) is 2.07. The molecule has 0 aromatic carbocycles. The molecule has 1 aromatic heterocycles. The van der Waals surface area contributed by atoms with Gasteiger partial charge < -0.3 is 24.5 Å². The van der Waals surface area contributed by atoms with Crippen LogP contribution in [0.15, 0.2) is 18.9 Å². The van der Waals surface area contributed by atoms with Crippen molar-refractivity contribution in [2.75, 3.05) is 26.9 Å². The van der Waals surface area contributed by atoms with E-state index in [1.54, 1.807) is 6.08 Å². The van der Waals surface area contributed by atoms with Crippen LogP contribution in [0.5, 0.6) is 5.88 Å². The summed E-state index contributed by atoms with van der Waals surface area (Å²) in [5.74, 6) is -3.75. The summed E-state index contributed by atoms with van der Waals surface area (Å²) in [7, 11) is 2.16. The number of ether oxygens (including phenoxy) is 1. The van der Waals surface area contributed by atoms with E-state index in [4.69, 9.17) is 24.5 Å². The third-order valence-electron chi connectivity index (χ3n) is 2.54. The van der Waals surface area contributed by atoms with Crippen LogP contribution in [0.3, 0.4) is 0 Å². The van der Waals surface area contributed by atoms with Gasteiger partial charge in [0.15, 0.2) is 5.69 Å². The maximum atomic E-state index is 8.93. The lowest BCUT2D eigenvalue weighted by Crippen LogP contribution is -3.20. The molecule has 9 nitrogen and oxygen atoms in total.